The molecule has 0 saturated carbocycles. The van der Waals surface area contributed by atoms with Crippen molar-refractivity contribution < 1.29 is 4.79 Å². The molecule has 2 aromatic rings. The van der Waals surface area contributed by atoms with Gasteiger partial charge in [-0.3, -0.25) is 4.79 Å². The highest BCUT2D eigenvalue weighted by Gasteiger charge is 2.22. The van der Waals surface area contributed by atoms with E-state index in [1.165, 1.54) is 11.3 Å². The minimum absolute atomic E-state index is 0.0120. The fraction of sp³-hybridized carbons (Fsp3) is 0.267. The zero-order valence-corrected chi connectivity index (χ0v) is 15.5. The molecule has 0 bridgehead atoms. The third kappa shape index (κ3) is 4.01. The van der Waals surface area contributed by atoms with Crippen LogP contribution in [0.2, 0.25) is 10.0 Å². The van der Waals surface area contributed by atoms with Crippen LogP contribution in [0.5, 0.6) is 0 Å². The fourth-order valence-corrected chi connectivity index (χ4v) is 3.72. The van der Waals surface area contributed by atoms with Gasteiger partial charge >= 0.3 is 0 Å². The Morgan fingerprint density at radius 1 is 1.29 bits per heavy atom. The summed E-state index contributed by atoms with van der Waals surface area (Å²) in [5.74, 6) is 0.0120. The molecule has 0 aliphatic heterocycles. The van der Waals surface area contributed by atoms with Gasteiger partial charge in [0.2, 0.25) is 0 Å². The Hall–Kier alpha value is -0.550. The van der Waals surface area contributed by atoms with Crippen molar-refractivity contribution in [2.75, 3.05) is 0 Å². The van der Waals surface area contributed by atoms with Crippen LogP contribution in [0.3, 0.4) is 0 Å². The van der Waals surface area contributed by atoms with E-state index in [0.29, 0.717) is 21.5 Å². The molecule has 1 aromatic heterocycles. The fourth-order valence-electron chi connectivity index (χ4n) is 1.90. The highest BCUT2D eigenvalue weighted by molar-refractivity contribution is 9.10. The molecule has 0 fully saturated rings. The van der Waals surface area contributed by atoms with Crippen molar-refractivity contribution in [1.29, 1.82) is 0 Å². The normalized spacial score (nSPS) is 11.0. The average molecular weight is 407 g/mol. The van der Waals surface area contributed by atoms with Crippen LogP contribution in [0.15, 0.2) is 34.1 Å². The molecule has 0 aliphatic carbocycles. The van der Waals surface area contributed by atoms with Gasteiger partial charge in [0.05, 0.1) is 10.0 Å². The summed E-state index contributed by atoms with van der Waals surface area (Å²) < 4.78 is 0.831. The maximum Gasteiger partial charge on any atom is 0.265 e. The first-order valence-corrected chi connectivity index (χ1v) is 8.81. The maximum atomic E-state index is 12.7. The lowest BCUT2D eigenvalue weighted by Gasteiger charge is -2.26. The van der Waals surface area contributed by atoms with Crippen LogP contribution in [-0.2, 0) is 6.54 Å². The first kappa shape index (κ1) is 16.8. The molecule has 112 valence electrons. The van der Waals surface area contributed by atoms with E-state index in [-0.39, 0.29) is 11.9 Å². The van der Waals surface area contributed by atoms with Crippen molar-refractivity contribution in [3.05, 3.63) is 54.6 Å². The molecule has 2 nitrogen and oxygen atoms in total. The molecule has 0 N–H and O–H groups in total. The Balaban J connectivity index is 2.25. The quantitative estimate of drug-likeness (QED) is 0.621. The van der Waals surface area contributed by atoms with Gasteiger partial charge < -0.3 is 4.90 Å². The zero-order valence-electron chi connectivity index (χ0n) is 11.6. The van der Waals surface area contributed by atoms with Crippen LogP contribution in [0.25, 0.3) is 0 Å². The van der Waals surface area contributed by atoms with Gasteiger partial charge in [0, 0.05) is 17.1 Å². The van der Waals surface area contributed by atoms with Gasteiger partial charge in [0.1, 0.15) is 4.88 Å². The van der Waals surface area contributed by atoms with E-state index in [1.807, 2.05) is 36.3 Å². The number of halogens is 3. The van der Waals surface area contributed by atoms with Crippen molar-refractivity contribution >= 4 is 56.4 Å². The Morgan fingerprint density at radius 2 is 2.00 bits per heavy atom. The highest BCUT2D eigenvalue weighted by atomic mass is 79.9. The number of carbonyl (C=O) groups is 1. The number of thiophene rings is 1. The first-order chi connectivity index (χ1) is 9.90. The second kappa shape index (κ2) is 7.14. The molecule has 0 saturated heterocycles. The zero-order chi connectivity index (χ0) is 15.6. The summed E-state index contributed by atoms with van der Waals surface area (Å²) in [6.45, 7) is 4.49. The Bertz CT molecular complexity index is 657. The lowest BCUT2D eigenvalue weighted by atomic mass is 10.2. The van der Waals surface area contributed by atoms with Crippen LogP contribution in [0.1, 0.15) is 29.1 Å². The molecule has 0 atom stereocenters. The number of amides is 1. The van der Waals surface area contributed by atoms with Gasteiger partial charge in [-0.2, -0.15) is 0 Å². The molecule has 0 spiro atoms. The summed E-state index contributed by atoms with van der Waals surface area (Å²) in [6, 6.07) is 7.41. The second-order valence-electron chi connectivity index (χ2n) is 4.87. The van der Waals surface area contributed by atoms with Gasteiger partial charge in [-0.25, -0.2) is 0 Å². The largest absolute Gasteiger partial charge is 0.331 e. The topological polar surface area (TPSA) is 20.3 Å². The van der Waals surface area contributed by atoms with E-state index in [4.69, 9.17) is 23.2 Å². The lowest BCUT2D eigenvalue weighted by molar-refractivity contribution is 0.0694. The summed E-state index contributed by atoms with van der Waals surface area (Å²) in [6.07, 6.45) is 0. The molecule has 0 unspecified atom stereocenters. The maximum absolute atomic E-state index is 12.7. The SMILES string of the molecule is CC(C)N(Cc1ccc(Cl)c(Cl)c1)C(=O)c1sccc1Br. The predicted molar refractivity (Wildman–Crippen MR) is 93.5 cm³/mol. The highest BCUT2D eigenvalue weighted by Crippen LogP contribution is 2.27. The summed E-state index contributed by atoms with van der Waals surface area (Å²) in [4.78, 5) is 15.2. The summed E-state index contributed by atoms with van der Waals surface area (Å²) in [7, 11) is 0. The Morgan fingerprint density at radius 3 is 2.52 bits per heavy atom. The van der Waals surface area contributed by atoms with Gasteiger partial charge in [-0.05, 0) is 58.9 Å². The third-order valence-electron chi connectivity index (χ3n) is 3.03. The molecule has 1 aromatic carbocycles. The van der Waals surface area contributed by atoms with E-state index in [0.717, 1.165) is 10.0 Å². The summed E-state index contributed by atoms with van der Waals surface area (Å²) in [5.41, 5.74) is 0.958. The van der Waals surface area contributed by atoms with E-state index in [1.54, 1.807) is 12.1 Å². The molecular weight excluding hydrogens is 393 g/mol. The minimum Gasteiger partial charge on any atom is -0.331 e. The van der Waals surface area contributed by atoms with Crippen LogP contribution < -0.4 is 0 Å². The van der Waals surface area contributed by atoms with Crippen molar-refractivity contribution in [2.24, 2.45) is 0 Å². The number of hydrogen-bond acceptors (Lipinski definition) is 2. The first-order valence-electron chi connectivity index (χ1n) is 6.38. The Kier molecular flexibility index (Phi) is 5.72. The van der Waals surface area contributed by atoms with E-state index < -0.39 is 0 Å². The summed E-state index contributed by atoms with van der Waals surface area (Å²) in [5, 5.41) is 2.92. The van der Waals surface area contributed by atoms with E-state index in [2.05, 4.69) is 15.9 Å². The van der Waals surface area contributed by atoms with Crippen LogP contribution in [0, 0.1) is 0 Å². The number of rotatable bonds is 4. The third-order valence-corrected chi connectivity index (χ3v) is 5.60. The summed E-state index contributed by atoms with van der Waals surface area (Å²) >= 11 is 16.8. The molecule has 2 rings (SSSR count). The minimum atomic E-state index is 0.0120. The number of carbonyl (C=O) groups excluding carboxylic acids is 1. The number of benzene rings is 1. The molecule has 21 heavy (non-hydrogen) atoms. The van der Waals surface area contributed by atoms with E-state index in [9.17, 15) is 4.79 Å². The smallest absolute Gasteiger partial charge is 0.265 e. The van der Waals surface area contributed by atoms with Crippen molar-refractivity contribution in [3.8, 4) is 0 Å². The molecule has 1 amide bonds. The Labute approximate surface area is 146 Å². The van der Waals surface area contributed by atoms with Gasteiger partial charge in [0.25, 0.3) is 5.91 Å². The number of nitrogens with zero attached hydrogens (tertiary/aromatic N) is 1. The second-order valence-corrected chi connectivity index (χ2v) is 7.46. The van der Waals surface area contributed by atoms with Crippen LogP contribution >= 0.6 is 50.5 Å². The van der Waals surface area contributed by atoms with E-state index >= 15 is 0 Å². The average Bonchev–Trinajstić information content (AvgIpc) is 2.85. The molecule has 0 aliphatic rings. The monoisotopic (exact) mass is 405 g/mol. The van der Waals surface area contributed by atoms with Crippen molar-refractivity contribution in [3.63, 3.8) is 0 Å². The lowest BCUT2D eigenvalue weighted by Crippen LogP contribution is -2.36. The molecule has 1 heterocycles. The number of hydrogen-bond donors (Lipinski definition) is 0. The van der Waals surface area contributed by atoms with Crippen molar-refractivity contribution in [2.45, 2.75) is 26.4 Å². The standard InChI is InChI=1S/C15H14BrCl2NOS/c1-9(2)19(15(20)14-11(16)5-6-21-14)8-10-3-4-12(17)13(18)7-10/h3-7,9H,8H2,1-2H3. The predicted octanol–water partition coefficient (Wildman–Crippen LogP) is 5.87. The van der Waals surface area contributed by atoms with Gasteiger partial charge in [-0.1, -0.05) is 29.3 Å². The van der Waals surface area contributed by atoms with Crippen molar-refractivity contribution in [1.82, 2.24) is 4.90 Å². The van der Waals surface area contributed by atoms with Gasteiger partial charge in [0.15, 0.2) is 0 Å². The van der Waals surface area contributed by atoms with Crippen LogP contribution in [-0.4, -0.2) is 16.8 Å². The molecule has 6 heteroatoms. The van der Waals surface area contributed by atoms with Crippen LogP contribution in [0.4, 0.5) is 0 Å². The van der Waals surface area contributed by atoms with Gasteiger partial charge in [-0.15, -0.1) is 11.3 Å². The molecule has 0 radical (unpaired) electrons. The molecular formula is C15H14BrCl2NOS.